The number of hydrogen-bond acceptors (Lipinski definition) is 5. The Balaban J connectivity index is 1.79. The molecule has 0 aliphatic carbocycles. The lowest BCUT2D eigenvalue weighted by Gasteiger charge is -2.15. The van der Waals surface area contributed by atoms with Gasteiger partial charge in [-0.1, -0.05) is 17.3 Å². The van der Waals surface area contributed by atoms with Crippen molar-refractivity contribution in [3.63, 3.8) is 0 Å². The van der Waals surface area contributed by atoms with Crippen molar-refractivity contribution in [3.05, 3.63) is 63.2 Å². The van der Waals surface area contributed by atoms with E-state index in [1.807, 2.05) is 6.07 Å². The molecular weight excluding hydrogens is 329 g/mol. The summed E-state index contributed by atoms with van der Waals surface area (Å²) >= 11 is 1.38. The number of thiazole rings is 1. The summed E-state index contributed by atoms with van der Waals surface area (Å²) in [7, 11) is 1.67. The molecule has 0 unspecified atom stereocenters. The van der Waals surface area contributed by atoms with E-state index >= 15 is 0 Å². The number of anilines is 1. The van der Waals surface area contributed by atoms with Gasteiger partial charge in [-0.3, -0.25) is 4.79 Å². The molecule has 1 amide bonds. The van der Waals surface area contributed by atoms with E-state index in [0.29, 0.717) is 29.3 Å². The molecule has 0 saturated carbocycles. The number of carbonyl (C=O) groups is 1. The van der Waals surface area contributed by atoms with Gasteiger partial charge in [0.15, 0.2) is 5.76 Å². The summed E-state index contributed by atoms with van der Waals surface area (Å²) in [5, 5.41) is 6.33. The van der Waals surface area contributed by atoms with E-state index in [-0.39, 0.29) is 11.7 Å². The van der Waals surface area contributed by atoms with E-state index in [9.17, 15) is 9.18 Å². The maximum atomic E-state index is 13.2. The molecule has 0 atom stereocenters. The third-order valence-corrected chi connectivity index (χ3v) is 4.50. The Morgan fingerprint density at radius 3 is 2.83 bits per heavy atom. The predicted octanol–water partition coefficient (Wildman–Crippen LogP) is 3.75. The second kappa shape index (κ2) is 6.52. The van der Waals surface area contributed by atoms with Crippen LogP contribution in [0.5, 0.6) is 0 Å². The molecule has 0 fully saturated rings. The number of aryl methyl sites for hydroxylation is 2. The van der Waals surface area contributed by atoms with Crippen LogP contribution in [-0.2, 0) is 6.42 Å². The molecule has 2 aromatic heterocycles. The number of hydrogen-bond donors (Lipinski definition) is 0. The van der Waals surface area contributed by atoms with Gasteiger partial charge in [-0.05, 0) is 31.5 Å². The van der Waals surface area contributed by atoms with Crippen LogP contribution in [0.4, 0.5) is 10.1 Å². The van der Waals surface area contributed by atoms with Crippen LogP contribution in [0.25, 0.3) is 0 Å². The summed E-state index contributed by atoms with van der Waals surface area (Å²) in [5.41, 5.74) is 2.48. The minimum atomic E-state index is -0.279. The zero-order valence-corrected chi connectivity index (χ0v) is 14.4. The SMILES string of the molecule is Cc1noc(C)c1N(C)C(=O)c1csc(Cc2cccc(F)c2)n1. The smallest absolute Gasteiger partial charge is 0.277 e. The molecule has 124 valence electrons. The topological polar surface area (TPSA) is 59.2 Å². The highest BCUT2D eigenvalue weighted by molar-refractivity contribution is 7.09. The molecule has 5 nitrogen and oxygen atoms in total. The lowest BCUT2D eigenvalue weighted by molar-refractivity contribution is 0.0988. The molecule has 0 radical (unpaired) electrons. The van der Waals surface area contributed by atoms with Gasteiger partial charge in [-0.2, -0.15) is 0 Å². The third kappa shape index (κ3) is 3.21. The monoisotopic (exact) mass is 345 g/mol. The van der Waals surface area contributed by atoms with E-state index in [1.165, 1.54) is 28.4 Å². The van der Waals surface area contributed by atoms with Crippen molar-refractivity contribution >= 4 is 22.9 Å². The molecule has 24 heavy (non-hydrogen) atoms. The van der Waals surface area contributed by atoms with Gasteiger partial charge in [0, 0.05) is 18.8 Å². The molecule has 0 aliphatic rings. The van der Waals surface area contributed by atoms with Crippen molar-refractivity contribution in [2.24, 2.45) is 0 Å². The summed E-state index contributed by atoms with van der Waals surface area (Å²) < 4.78 is 18.3. The first-order valence-corrected chi connectivity index (χ1v) is 8.23. The zero-order chi connectivity index (χ0) is 17.3. The number of carbonyl (C=O) groups excluding carboxylic acids is 1. The Morgan fingerprint density at radius 2 is 2.17 bits per heavy atom. The number of benzene rings is 1. The van der Waals surface area contributed by atoms with Gasteiger partial charge in [0.25, 0.3) is 5.91 Å². The van der Waals surface area contributed by atoms with Crippen molar-refractivity contribution in [1.82, 2.24) is 10.1 Å². The van der Waals surface area contributed by atoms with Gasteiger partial charge in [0.1, 0.15) is 22.9 Å². The first-order chi connectivity index (χ1) is 11.5. The van der Waals surface area contributed by atoms with Crippen LogP contribution >= 0.6 is 11.3 Å². The van der Waals surface area contributed by atoms with Crippen LogP contribution < -0.4 is 4.90 Å². The van der Waals surface area contributed by atoms with Crippen LogP contribution in [-0.4, -0.2) is 23.1 Å². The molecule has 0 N–H and O–H groups in total. The normalized spacial score (nSPS) is 10.8. The summed E-state index contributed by atoms with van der Waals surface area (Å²) in [4.78, 5) is 18.5. The number of nitrogens with zero attached hydrogens (tertiary/aromatic N) is 3. The van der Waals surface area contributed by atoms with Crippen LogP contribution in [0.1, 0.15) is 32.5 Å². The van der Waals surface area contributed by atoms with Crippen molar-refractivity contribution in [2.45, 2.75) is 20.3 Å². The van der Waals surface area contributed by atoms with Crippen molar-refractivity contribution in [2.75, 3.05) is 11.9 Å². The van der Waals surface area contributed by atoms with Gasteiger partial charge in [0.05, 0.1) is 5.01 Å². The summed E-state index contributed by atoms with van der Waals surface area (Å²) in [6.45, 7) is 3.54. The Morgan fingerprint density at radius 1 is 1.38 bits per heavy atom. The van der Waals surface area contributed by atoms with Crippen LogP contribution in [0, 0.1) is 19.7 Å². The first kappa shape index (κ1) is 16.3. The van der Waals surface area contributed by atoms with Gasteiger partial charge >= 0.3 is 0 Å². The number of halogens is 1. The lowest BCUT2D eigenvalue weighted by atomic mass is 10.1. The molecular formula is C17H16FN3O2S. The Bertz CT molecular complexity index is 868. The molecule has 0 bridgehead atoms. The number of aromatic nitrogens is 2. The zero-order valence-electron chi connectivity index (χ0n) is 13.5. The Kier molecular flexibility index (Phi) is 4.44. The van der Waals surface area contributed by atoms with E-state index in [1.54, 1.807) is 32.3 Å². The van der Waals surface area contributed by atoms with E-state index in [4.69, 9.17) is 4.52 Å². The van der Waals surface area contributed by atoms with E-state index in [2.05, 4.69) is 10.1 Å². The van der Waals surface area contributed by atoms with Crippen molar-refractivity contribution in [3.8, 4) is 0 Å². The minimum Gasteiger partial charge on any atom is -0.359 e. The summed E-state index contributed by atoms with van der Waals surface area (Å²) in [6, 6.07) is 6.37. The molecule has 7 heteroatoms. The van der Waals surface area contributed by atoms with E-state index < -0.39 is 0 Å². The largest absolute Gasteiger partial charge is 0.359 e. The quantitative estimate of drug-likeness (QED) is 0.722. The highest BCUT2D eigenvalue weighted by Gasteiger charge is 2.22. The molecule has 0 spiro atoms. The third-order valence-electron chi connectivity index (χ3n) is 3.65. The molecule has 0 aliphatic heterocycles. The van der Waals surface area contributed by atoms with Gasteiger partial charge in [0.2, 0.25) is 0 Å². The second-order valence-corrected chi connectivity index (χ2v) is 6.41. The maximum absolute atomic E-state index is 13.2. The Hall–Kier alpha value is -2.54. The first-order valence-electron chi connectivity index (χ1n) is 7.35. The fourth-order valence-corrected chi connectivity index (χ4v) is 3.34. The van der Waals surface area contributed by atoms with Crippen LogP contribution in [0.2, 0.25) is 0 Å². The summed E-state index contributed by atoms with van der Waals surface area (Å²) in [5.74, 6) is 0.0724. The van der Waals surface area contributed by atoms with Gasteiger partial charge in [-0.15, -0.1) is 11.3 Å². The van der Waals surface area contributed by atoms with E-state index in [0.717, 1.165) is 10.6 Å². The molecule has 2 heterocycles. The molecule has 0 saturated heterocycles. The van der Waals surface area contributed by atoms with Crippen molar-refractivity contribution < 1.29 is 13.7 Å². The molecule has 3 aromatic rings. The van der Waals surface area contributed by atoms with Crippen molar-refractivity contribution in [1.29, 1.82) is 0 Å². The minimum absolute atomic E-state index is 0.230. The highest BCUT2D eigenvalue weighted by atomic mass is 32.1. The Labute approximate surface area is 142 Å². The van der Waals surface area contributed by atoms with Crippen LogP contribution in [0.15, 0.2) is 34.2 Å². The fourth-order valence-electron chi connectivity index (χ4n) is 2.54. The predicted molar refractivity (Wildman–Crippen MR) is 90.0 cm³/mol. The fraction of sp³-hybridized carbons (Fsp3) is 0.235. The average Bonchev–Trinajstić information content (AvgIpc) is 3.13. The maximum Gasteiger partial charge on any atom is 0.277 e. The van der Waals surface area contributed by atoms with Crippen LogP contribution in [0.3, 0.4) is 0 Å². The lowest BCUT2D eigenvalue weighted by Crippen LogP contribution is -2.27. The van der Waals surface area contributed by atoms with Gasteiger partial charge in [-0.25, -0.2) is 9.37 Å². The molecule has 1 aromatic carbocycles. The second-order valence-electron chi connectivity index (χ2n) is 5.47. The number of rotatable bonds is 4. The standard InChI is InChI=1S/C17H16FN3O2S/c1-10-16(11(2)23-20-10)21(3)17(22)14-9-24-15(19-14)8-12-5-4-6-13(18)7-12/h4-7,9H,8H2,1-3H3. The average molecular weight is 345 g/mol. The summed E-state index contributed by atoms with van der Waals surface area (Å²) in [6.07, 6.45) is 0.491. The molecule has 3 rings (SSSR count). The number of amides is 1. The van der Waals surface area contributed by atoms with Gasteiger partial charge < -0.3 is 9.42 Å². The highest BCUT2D eigenvalue weighted by Crippen LogP contribution is 2.25.